The third-order valence-electron chi connectivity index (χ3n) is 5.10. The van der Waals surface area contributed by atoms with E-state index in [9.17, 15) is 15.3 Å². The molecule has 130 valence electrons. The summed E-state index contributed by atoms with van der Waals surface area (Å²) in [5, 5.41) is 32.6. The van der Waals surface area contributed by atoms with E-state index in [1.54, 1.807) is 24.3 Å². The first kappa shape index (κ1) is 17.0. The number of fused-ring (bicyclic) bond motifs is 1. The van der Waals surface area contributed by atoms with Gasteiger partial charge in [0, 0.05) is 5.92 Å². The highest BCUT2D eigenvalue weighted by atomic mass is 16.5. The van der Waals surface area contributed by atoms with Gasteiger partial charge in [0.2, 0.25) is 0 Å². The average molecular weight is 332 g/mol. The summed E-state index contributed by atoms with van der Waals surface area (Å²) in [7, 11) is 0. The van der Waals surface area contributed by atoms with E-state index in [4.69, 9.17) is 9.47 Å². The molecule has 0 aliphatic carbocycles. The standard InChI is InChI=1S/C19H24O5/c1-12-17(21)19(22,11-24-18(12,2)3)10-23-16-7-5-13-4-6-15(20)8-14(13)9-16/h4-9,12,17,20-22H,10-11H2,1-3H3. The zero-order chi connectivity index (χ0) is 17.5. The van der Waals surface area contributed by atoms with Crippen LogP contribution >= 0.6 is 0 Å². The molecule has 0 spiro atoms. The molecule has 5 heteroatoms. The minimum Gasteiger partial charge on any atom is -0.508 e. The highest BCUT2D eigenvalue weighted by Crippen LogP contribution is 2.36. The molecular formula is C19H24O5. The number of aromatic hydroxyl groups is 1. The Morgan fingerprint density at radius 2 is 1.88 bits per heavy atom. The Kier molecular flexibility index (Phi) is 4.20. The third kappa shape index (κ3) is 3.07. The maximum absolute atomic E-state index is 10.7. The summed E-state index contributed by atoms with van der Waals surface area (Å²) >= 11 is 0. The quantitative estimate of drug-likeness (QED) is 0.805. The largest absolute Gasteiger partial charge is 0.508 e. The van der Waals surface area contributed by atoms with Gasteiger partial charge in [0.15, 0.2) is 0 Å². The predicted molar refractivity (Wildman–Crippen MR) is 91.3 cm³/mol. The maximum atomic E-state index is 10.7. The molecule has 3 atom stereocenters. The van der Waals surface area contributed by atoms with Crippen LogP contribution in [-0.2, 0) is 4.74 Å². The molecule has 0 saturated carbocycles. The fourth-order valence-electron chi connectivity index (χ4n) is 3.01. The van der Waals surface area contributed by atoms with Crippen molar-refractivity contribution >= 4 is 10.8 Å². The van der Waals surface area contributed by atoms with Crippen LogP contribution in [0.4, 0.5) is 0 Å². The smallest absolute Gasteiger partial charge is 0.148 e. The van der Waals surface area contributed by atoms with Crippen molar-refractivity contribution in [3.05, 3.63) is 36.4 Å². The number of phenols is 1. The molecule has 24 heavy (non-hydrogen) atoms. The first-order valence-electron chi connectivity index (χ1n) is 8.11. The van der Waals surface area contributed by atoms with E-state index in [1.807, 2.05) is 32.9 Å². The lowest BCUT2D eigenvalue weighted by Crippen LogP contribution is -2.63. The fourth-order valence-corrected chi connectivity index (χ4v) is 3.01. The predicted octanol–water partition coefficient (Wildman–Crippen LogP) is 2.46. The molecule has 1 saturated heterocycles. The molecule has 5 nitrogen and oxygen atoms in total. The van der Waals surface area contributed by atoms with E-state index in [0.29, 0.717) is 5.75 Å². The minimum atomic E-state index is -1.46. The molecule has 2 aromatic carbocycles. The van der Waals surface area contributed by atoms with Crippen LogP contribution in [0.5, 0.6) is 11.5 Å². The average Bonchev–Trinajstić information content (AvgIpc) is 2.55. The first-order valence-corrected chi connectivity index (χ1v) is 8.11. The minimum absolute atomic E-state index is 0.0138. The Hall–Kier alpha value is -1.82. The highest BCUT2D eigenvalue weighted by Gasteiger charge is 2.50. The molecule has 2 aromatic rings. The van der Waals surface area contributed by atoms with E-state index in [0.717, 1.165) is 10.8 Å². The van der Waals surface area contributed by atoms with Gasteiger partial charge in [-0.2, -0.15) is 0 Å². The van der Waals surface area contributed by atoms with Gasteiger partial charge in [0.1, 0.15) is 23.7 Å². The van der Waals surface area contributed by atoms with Crippen LogP contribution in [-0.4, -0.2) is 45.8 Å². The molecule has 0 aromatic heterocycles. The Balaban J connectivity index is 1.75. The van der Waals surface area contributed by atoms with Crippen molar-refractivity contribution in [3.8, 4) is 11.5 Å². The summed E-state index contributed by atoms with van der Waals surface area (Å²) in [5.41, 5.74) is -1.95. The second-order valence-corrected chi connectivity index (χ2v) is 7.21. The molecule has 1 aliphatic rings. The molecule has 0 radical (unpaired) electrons. The van der Waals surface area contributed by atoms with Crippen molar-refractivity contribution in [3.63, 3.8) is 0 Å². The SMILES string of the molecule is CC1C(O)C(O)(COc2ccc3ccc(O)cc3c2)COC1(C)C. The molecule has 3 N–H and O–H groups in total. The Morgan fingerprint density at radius 3 is 2.62 bits per heavy atom. The summed E-state index contributed by atoms with van der Waals surface area (Å²) in [6, 6.07) is 10.6. The maximum Gasteiger partial charge on any atom is 0.148 e. The van der Waals surface area contributed by atoms with E-state index in [2.05, 4.69) is 0 Å². The monoisotopic (exact) mass is 332 g/mol. The van der Waals surface area contributed by atoms with E-state index in [-0.39, 0.29) is 24.9 Å². The summed E-state index contributed by atoms with van der Waals surface area (Å²) in [6.45, 7) is 5.60. The van der Waals surface area contributed by atoms with Crippen molar-refractivity contribution in [2.45, 2.75) is 38.1 Å². The van der Waals surface area contributed by atoms with Gasteiger partial charge >= 0.3 is 0 Å². The molecule has 3 rings (SSSR count). The van der Waals surface area contributed by atoms with Gasteiger partial charge in [-0.15, -0.1) is 0 Å². The van der Waals surface area contributed by atoms with Gasteiger partial charge in [0.05, 0.1) is 18.3 Å². The van der Waals surface area contributed by atoms with Crippen LogP contribution < -0.4 is 4.74 Å². The van der Waals surface area contributed by atoms with Crippen molar-refractivity contribution in [2.75, 3.05) is 13.2 Å². The number of rotatable bonds is 3. The second-order valence-electron chi connectivity index (χ2n) is 7.21. The lowest BCUT2D eigenvalue weighted by atomic mass is 9.77. The number of benzene rings is 2. The summed E-state index contributed by atoms with van der Waals surface area (Å²) < 4.78 is 11.4. The number of ether oxygens (including phenoxy) is 2. The Morgan fingerprint density at radius 1 is 1.17 bits per heavy atom. The van der Waals surface area contributed by atoms with Crippen molar-refractivity contribution in [2.24, 2.45) is 5.92 Å². The molecular weight excluding hydrogens is 308 g/mol. The molecule has 0 amide bonds. The summed E-state index contributed by atoms with van der Waals surface area (Å²) in [4.78, 5) is 0. The molecule has 3 unspecified atom stereocenters. The second kappa shape index (κ2) is 5.92. The van der Waals surface area contributed by atoms with Gasteiger partial charge < -0.3 is 24.8 Å². The topological polar surface area (TPSA) is 79.2 Å². The lowest BCUT2D eigenvalue weighted by molar-refractivity contribution is -0.246. The third-order valence-corrected chi connectivity index (χ3v) is 5.10. The first-order chi connectivity index (χ1) is 11.2. The van der Waals surface area contributed by atoms with Crippen LogP contribution in [0.25, 0.3) is 10.8 Å². The van der Waals surface area contributed by atoms with Gasteiger partial charge in [-0.1, -0.05) is 19.1 Å². The lowest BCUT2D eigenvalue weighted by Gasteiger charge is -2.48. The molecule has 1 aliphatic heterocycles. The molecule has 0 bridgehead atoms. The zero-order valence-corrected chi connectivity index (χ0v) is 14.2. The van der Waals surface area contributed by atoms with Crippen LogP contribution in [0.1, 0.15) is 20.8 Å². The van der Waals surface area contributed by atoms with Gasteiger partial charge in [-0.25, -0.2) is 0 Å². The number of hydrogen-bond donors (Lipinski definition) is 3. The van der Waals surface area contributed by atoms with Gasteiger partial charge in [-0.3, -0.25) is 0 Å². The number of aliphatic hydroxyl groups is 2. The fraction of sp³-hybridized carbons (Fsp3) is 0.474. The van der Waals surface area contributed by atoms with Crippen molar-refractivity contribution < 1.29 is 24.8 Å². The Bertz CT molecular complexity index is 742. The van der Waals surface area contributed by atoms with E-state index >= 15 is 0 Å². The molecule has 1 heterocycles. The van der Waals surface area contributed by atoms with E-state index < -0.39 is 17.3 Å². The Labute approximate surface area is 141 Å². The van der Waals surface area contributed by atoms with Gasteiger partial charge in [0.25, 0.3) is 0 Å². The van der Waals surface area contributed by atoms with Gasteiger partial charge in [-0.05, 0) is 48.9 Å². The molecule has 1 fully saturated rings. The van der Waals surface area contributed by atoms with Crippen molar-refractivity contribution in [1.29, 1.82) is 0 Å². The van der Waals surface area contributed by atoms with Crippen LogP contribution in [0, 0.1) is 5.92 Å². The zero-order valence-electron chi connectivity index (χ0n) is 14.2. The normalized spacial score (nSPS) is 29.5. The summed E-state index contributed by atoms with van der Waals surface area (Å²) in [6.07, 6.45) is -0.939. The number of hydrogen-bond acceptors (Lipinski definition) is 5. The number of phenolic OH excluding ortho intramolecular Hbond substituents is 1. The van der Waals surface area contributed by atoms with Crippen molar-refractivity contribution in [1.82, 2.24) is 0 Å². The van der Waals surface area contributed by atoms with E-state index in [1.165, 1.54) is 0 Å². The number of aliphatic hydroxyl groups excluding tert-OH is 1. The van der Waals surface area contributed by atoms with Crippen LogP contribution in [0.15, 0.2) is 36.4 Å². The highest BCUT2D eigenvalue weighted by molar-refractivity contribution is 5.85. The van der Waals surface area contributed by atoms with Crippen LogP contribution in [0.2, 0.25) is 0 Å². The van der Waals surface area contributed by atoms with Crippen LogP contribution in [0.3, 0.4) is 0 Å². The summed E-state index contributed by atoms with van der Waals surface area (Å²) in [5.74, 6) is 0.519.